The third-order valence-electron chi connectivity index (χ3n) is 5.94. The van der Waals surface area contributed by atoms with Gasteiger partial charge in [-0.2, -0.15) is 0 Å². The molecule has 0 aliphatic heterocycles. The molecule has 0 radical (unpaired) electrons. The Kier molecular flexibility index (Phi) is 22.8. The van der Waals surface area contributed by atoms with Gasteiger partial charge in [0.15, 0.2) is 7.05 Å². The minimum atomic E-state index is -0.999. The van der Waals surface area contributed by atoms with Gasteiger partial charge in [-0.25, -0.2) is 0 Å². The van der Waals surface area contributed by atoms with Gasteiger partial charge in [0.2, 0.25) is 25.8 Å². The van der Waals surface area contributed by atoms with Gasteiger partial charge in [-0.3, -0.25) is 65.5 Å². The number of aliphatic hydroxyl groups excluding tert-OH is 1. The molecule has 280 valence electrons. The molecule has 20 heteroatoms. The van der Waals surface area contributed by atoms with Crippen LogP contribution in [0, 0.1) is 60.7 Å². The maximum Gasteiger partial charge on any atom is 0.269 e. The van der Waals surface area contributed by atoms with Crippen molar-refractivity contribution in [2.24, 2.45) is 0 Å². The Balaban J connectivity index is 0.000000662. The highest BCUT2D eigenvalue weighted by Gasteiger charge is 2.23. The van der Waals surface area contributed by atoms with Gasteiger partial charge in [-0.05, 0) is 28.8 Å². The number of benzene rings is 4. The lowest BCUT2D eigenvalue weighted by Crippen LogP contribution is -2.20. The van der Waals surface area contributed by atoms with Crippen LogP contribution in [0.3, 0.4) is 0 Å². The van der Waals surface area contributed by atoms with E-state index >= 15 is 0 Å². The number of carbonyl (C=O) groups excluding carboxylic acids is 1. The molecule has 4 aromatic rings. The monoisotopic (exact) mass is 738 g/mol. The fourth-order valence-electron chi connectivity index (χ4n) is 3.66. The Morgan fingerprint density at radius 2 is 0.962 bits per heavy atom. The second-order valence-electron chi connectivity index (χ2n) is 10.00. The standard InChI is InChI=1S/C9H10N2O4.C8H9NO3.C8H7NO2.C7H5NO3.CH3NO2/c12-10(13)6-9(7-11(14)15)8-4-2-1-3-5-8;10-8(6-9(11)12)7-4-2-1-3-5-7;10-9(11)7-6-8-4-2-1-3-5-8;9-5-6-1-3-7(4-2-6)8(10)11;1-2(3)4/h1-5,9H,6-7H2;1-5,8,10H,6H2;1-7H;1-5H;1H3/b;;7-6+;;. The summed E-state index contributed by atoms with van der Waals surface area (Å²) in [5, 5.41) is 68.8. The summed E-state index contributed by atoms with van der Waals surface area (Å²) in [6, 6.07) is 31.6. The van der Waals surface area contributed by atoms with Crippen LogP contribution in [-0.2, 0) is 0 Å². The molecule has 4 rings (SSSR count). The first-order valence-electron chi connectivity index (χ1n) is 14.8. The molecule has 0 fully saturated rings. The van der Waals surface area contributed by atoms with Crippen LogP contribution < -0.4 is 0 Å². The summed E-state index contributed by atoms with van der Waals surface area (Å²) >= 11 is 0. The number of nitro benzene ring substituents is 1. The Bertz CT molecular complexity index is 1740. The zero-order chi connectivity index (χ0) is 40.2. The normalized spacial score (nSPS) is 10.2. The van der Waals surface area contributed by atoms with Crippen molar-refractivity contribution in [1.29, 1.82) is 0 Å². The van der Waals surface area contributed by atoms with Crippen LogP contribution in [0.4, 0.5) is 5.69 Å². The lowest BCUT2D eigenvalue weighted by Gasteiger charge is -2.07. The Hall–Kier alpha value is -7.35. The first-order valence-corrected chi connectivity index (χ1v) is 14.8. The SMILES string of the molecule is C[N+](=O)[O-].O=Cc1ccc([N+](=O)[O-])cc1.O=[N+]([O-])/C=C/c1ccccc1.O=[N+]([O-])CC(C[N+](=O)[O-])c1ccccc1.O=[N+]([O-])CC(O)c1ccccc1. The van der Waals surface area contributed by atoms with Crippen LogP contribution >= 0.6 is 0 Å². The fourth-order valence-corrected chi connectivity index (χ4v) is 3.66. The number of nitro groups is 6. The van der Waals surface area contributed by atoms with Gasteiger partial charge < -0.3 is 5.11 Å². The quantitative estimate of drug-likeness (QED) is 0.106. The first-order chi connectivity index (χ1) is 25.0. The maximum absolute atomic E-state index is 10.3. The van der Waals surface area contributed by atoms with Gasteiger partial charge in [0, 0.05) is 43.5 Å². The topological polar surface area (TPSA) is 296 Å². The van der Waals surface area contributed by atoms with E-state index in [1.165, 1.54) is 30.3 Å². The Morgan fingerprint density at radius 1 is 0.566 bits per heavy atom. The molecular formula is C33H34N6O14. The van der Waals surface area contributed by atoms with E-state index < -0.39 is 61.2 Å². The molecular weight excluding hydrogens is 704 g/mol. The number of hydrogen-bond donors (Lipinski definition) is 1. The van der Waals surface area contributed by atoms with E-state index in [9.17, 15) is 60.5 Å². The minimum absolute atomic E-state index is 0.00407. The maximum atomic E-state index is 10.3. The van der Waals surface area contributed by atoms with Crippen LogP contribution in [0.25, 0.3) is 6.08 Å². The van der Waals surface area contributed by atoms with Crippen molar-refractivity contribution in [1.82, 2.24) is 0 Å². The number of rotatable bonds is 12. The highest BCUT2D eigenvalue weighted by atomic mass is 16.6. The zero-order valence-electron chi connectivity index (χ0n) is 27.9. The molecule has 0 aromatic heterocycles. The van der Waals surface area contributed by atoms with Crippen molar-refractivity contribution < 1.29 is 39.4 Å². The van der Waals surface area contributed by atoms with Crippen molar-refractivity contribution >= 4 is 18.0 Å². The third kappa shape index (κ3) is 24.4. The molecule has 20 nitrogen and oxygen atoms in total. The van der Waals surface area contributed by atoms with E-state index in [0.29, 0.717) is 23.0 Å². The van der Waals surface area contributed by atoms with Gasteiger partial charge >= 0.3 is 0 Å². The van der Waals surface area contributed by atoms with Gasteiger partial charge in [0.25, 0.3) is 5.69 Å². The smallest absolute Gasteiger partial charge is 0.269 e. The number of carbonyl (C=O) groups is 1. The van der Waals surface area contributed by atoms with Crippen molar-refractivity contribution in [3.05, 3.63) is 204 Å². The molecule has 53 heavy (non-hydrogen) atoms. The molecule has 0 aliphatic carbocycles. The van der Waals surface area contributed by atoms with E-state index in [4.69, 9.17) is 10.1 Å². The molecule has 1 atom stereocenters. The average molecular weight is 739 g/mol. The molecule has 1 N–H and O–H groups in total. The van der Waals surface area contributed by atoms with Crippen LogP contribution in [-0.4, -0.2) is 67.6 Å². The van der Waals surface area contributed by atoms with Gasteiger partial charge in [-0.1, -0.05) is 91.0 Å². The number of non-ortho nitro benzene ring substituents is 1. The largest absolute Gasteiger partial charge is 0.382 e. The molecule has 0 amide bonds. The second-order valence-corrected chi connectivity index (χ2v) is 10.00. The fraction of sp³-hybridized carbons (Fsp3) is 0.182. The first kappa shape index (κ1) is 45.6. The van der Waals surface area contributed by atoms with Crippen LogP contribution in [0.5, 0.6) is 0 Å². The van der Waals surface area contributed by atoms with E-state index in [-0.39, 0.29) is 5.69 Å². The molecule has 1 unspecified atom stereocenters. The Labute approximate surface area is 300 Å². The van der Waals surface area contributed by atoms with Gasteiger partial charge in [0.05, 0.1) is 9.85 Å². The number of hydrogen-bond acceptors (Lipinski definition) is 14. The summed E-state index contributed by atoms with van der Waals surface area (Å²) in [5.74, 6) is -0.656. The molecule has 0 aliphatic rings. The molecule has 0 heterocycles. The molecule has 0 bridgehead atoms. The molecule has 0 saturated heterocycles. The number of aldehydes is 1. The van der Waals surface area contributed by atoms with Crippen LogP contribution in [0.1, 0.15) is 39.1 Å². The highest BCUT2D eigenvalue weighted by molar-refractivity contribution is 5.75. The number of nitrogens with zero attached hydrogens (tertiary/aromatic N) is 6. The lowest BCUT2D eigenvalue weighted by atomic mass is 10.00. The predicted octanol–water partition coefficient (Wildman–Crippen LogP) is 5.55. The molecule has 4 aromatic carbocycles. The average Bonchev–Trinajstić information content (AvgIpc) is 3.11. The molecule has 0 saturated carbocycles. The van der Waals surface area contributed by atoms with Crippen molar-refractivity contribution in [3.63, 3.8) is 0 Å². The van der Waals surface area contributed by atoms with Crippen molar-refractivity contribution in [3.8, 4) is 0 Å². The number of aliphatic hydroxyl groups is 1. The zero-order valence-corrected chi connectivity index (χ0v) is 27.9. The van der Waals surface area contributed by atoms with E-state index in [1.807, 2.05) is 18.2 Å². The van der Waals surface area contributed by atoms with Gasteiger partial charge in [-0.15, -0.1) is 0 Å². The summed E-state index contributed by atoms with van der Waals surface area (Å²) in [5.41, 5.74) is 2.48. The second kappa shape index (κ2) is 26.5. The highest BCUT2D eigenvalue weighted by Crippen LogP contribution is 2.16. The van der Waals surface area contributed by atoms with Crippen molar-refractivity contribution in [2.45, 2.75) is 12.0 Å². The summed E-state index contributed by atoms with van der Waals surface area (Å²) in [4.78, 5) is 66.6. The van der Waals surface area contributed by atoms with Crippen LogP contribution in [0.15, 0.2) is 121 Å². The minimum Gasteiger partial charge on any atom is -0.382 e. The van der Waals surface area contributed by atoms with Crippen molar-refractivity contribution in [2.75, 3.05) is 26.7 Å². The van der Waals surface area contributed by atoms with E-state index in [2.05, 4.69) is 0 Å². The Morgan fingerprint density at radius 3 is 1.32 bits per heavy atom. The summed E-state index contributed by atoms with van der Waals surface area (Å²) in [7, 11) is 0.889. The summed E-state index contributed by atoms with van der Waals surface area (Å²) in [6.45, 7) is -1.26. The van der Waals surface area contributed by atoms with Crippen LogP contribution in [0.2, 0.25) is 0 Å². The van der Waals surface area contributed by atoms with Gasteiger partial charge in [0.1, 0.15) is 18.3 Å². The third-order valence-corrected chi connectivity index (χ3v) is 5.94. The van der Waals surface area contributed by atoms with E-state index in [0.717, 1.165) is 18.8 Å². The predicted molar refractivity (Wildman–Crippen MR) is 190 cm³/mol. The molecule has 0 spiro atoms. The lowest BCUT2D eigenvalue weighted by molar-refractivity contribution is -0.516. The van der Waals surface area contributed by atoms with E-state index in [1.54, 1.807) is 72.8 Å². The summed E-state index contributed by atoms with van der Waals surface area (Å²) < 4.78 is 0. The summed E-state index contributed by atoms with van der Waals surface area (Å²) in [6.07, 6.45) is 2.03.